The maximum atomic E-state index is 6.99. The molecule has 1 saturated carbocycles. The van der Waals surface area contributed by atoms with E-state index < -0.39 is 16.6 Å². The van der Waals surface area contributed by atoms with Crippen molar-refractivity contribution in [3.63, 3.8) is 0 Å². The van der Waals surface area contributed by atoms with E-state index >= 15 is 0 Å². The van der Waals surface area contributed by atoms with Crippen LogP contribution in [0.1, 0.15) is 27.2 Å². The molecule has 2 fully saturated rings. The van der Waals surface area contributed by atoms with Crippen molar-refractivity contribution in [1.82, 2.24) is 9.88 Å². The summed E-state index contributed by atoms with van der Waals surface area (Å²) in [6.45, 7) is 21.9. The number of nitrogens with one attached hydrogen (secondary N) is 1. The molecule has 4 unspecified atom stereocenters. The van der Waals surface area contributed by atoms with Crippen LogP contribution in [0.2, 0.25) is 36.8 Å². The first-order valence-corrected chi connectivity index (χ1v) is 16.5. The van der Waals surface area contributed by atoms with Gasteiger partial charge in [-0.3, -0.25) is 0 Å². The average Bonchev–Trinajstić information content (AvgIpc) is 2.94. The largest absolute Gasteiger partial charge is 0.413 e. The van der Waals surface area contributed by atoms with Gasteiger partial charge in [0.15, 0.2) is 8.32 Å². The summed E-state index contributed by atoms with van der Waals surface area (Å²) in [7, 11) is -3.24. The van der Waals surface area contributed by atoms with Crippen molar-refractivity contribution in [3.05, 3.63) is 24.3 Å². The lowest BCUT2D eigenvalue weighted by Crippen LogP contribution is -2.59. The molecule has 26 heavy (non-hydrogen) atoms. The highest BCUT2D eigenvalue weighted by atomic mass is 28.4. The van der Waals surface area contributed by atoms with Crippen molar-refractivity contribution in [2.24, 2.45) is 11.8 Å². The summed E-state index contributed by atoms with van der Waals surface area (Å²) in [5.74, 6) is 1.25. The minimum absolute atomic E-state index is 0.278. The van der Waals surface area contributed by atoms with Gasteiger partial charge in [0.2, 0.25) is 0 Å². The van der Waals surface area contributed by atoms with E-state index in [4.69, 9.17) is 4.43 Å². The predicted octanol–water partition coefficient (Wildman–Crippen LogP) is 4.62. The maximum Gasteiger partial charge on any atom is 0.192 e. The molecule has 3 aliphatic rings. The van der Waals surface area contributed by atoms with Gasteiger partial charge in [-0.25, -0.2) is 0 Å². The number of rotatable bonds is 4. The number of allylic oxidation sites excluding steroid dienone is 3. The molecule has 1 N–H and O–H groups in total. The van der Waals surface area contributed by atoms with Crippen LogP contribution in [0, 0.1) is 11.8 Å². The monoisotopic (exact) mass is 392 g/mol. The van der Waals surface area contributed by atoms with Gasteiger partial charge in [-0.05, 0) is 36.0 Å². The number of hydrogen-bond acceptors (Lipinski definition) is 3. The van der Waals surface area contributed by atoms with E-state index in [1.54, 1.807) is 0 Å². The zero-order chi connectivity index (χ0) is 19.2. The van der Waals surface area contributed by atoms with Crippen LogP contribution in [0.5, 0.6) is 0 Å². The third-order valence-electron chi connectivity index (χ3n) is 7.69. The minimum atomic E-state index is -1.74. The summed E-state index contributed by atoms with van der Waals surface area (Å²) in [6, 6.07) is 0. The molecular weight excluding hydrogens is 352 g/mol. The van der Waals surface area contributed by atoms with Gasteiger partial charge in [0.05, 0.1) is 6.10 Å². The predicted molar refractivity (Wildman–Crippen MR) is 118 cm³/mol. The van der Waals surface area contributed by atoms with Gasteiger partial charge in [0.25, 0.3) is 0 Å². The van der Waals surface area contributed by atoms with Crippen LogP contribution in [0.25, 0.3) is 0 Å². The van der Waals surface area contributed by atoms with E-state index in [0.29, 0.717) is 17.9 Å². The number of nitrogens with zero attached hydrogens (tertiary/aromatic N) is 1. The molecule has 0 aromatic carbocycles. The highest BCUT2D eigenvalue weighted by molar-refractivity contribution is 6.76. The second-order valence-corrected chi connectivity index (χ2v) is 20.0. The molecule has 0 aromatic heterocycles. The van der Waals surface area contributed by atoms with Crippen molar-refractivity contribution in [2.45, 2.75) is 70.1 Å². The molecule has 2 aliphatic carbocycles. The van der Waals surface area contributed by atoms with Crippen LogP contribution in [0.15, 0.2) is 24.3 Å². The Morgan fingerprint density at radius 3 is 2.12 bits per heavy atom. The van der Waals surface area contributed by atoms with Gasteiger partial charge in [0.1, 0.15) is 8.24 Å². The molecule has 3 nitrogen and oxygen atoms in total. The van der Waals surface area contributed by atoms with Gasteiger partial charge < -0.3 is 14.3 Å². The van der Waals surface area contributed by atoms with Crippen molar-refractivity contribution >= 4 is 16.6 Å². The summed E-state index contributed by atoms with van der Waals surface area (Å²) in [5, 5.41) is 3.80. The van der Waals surface area contributed by atoms with E-state index in [1.165, 1.54) is 19.5 Å². The third kappa shape index (κ3) is 3.83. The Hall–Kier alpha value is -0.206. The van der Waals surface area contributed by atoms with Crippen LogP contribution in [-0.4, -0.2) is 53.4 Å². The Morgan fingerprint density at radius 1 is 0.962 bits per heavy atom. The van der Waals surface area contributed by atoms with Gasteiger partial charge in [-0.15, -0.1) is 0 Å². The van der Waals surface area contributed by atoms with Crippen molar-refractivity contribution < 1.29 is 4.43 Å². The molecular formula is C21H40N2OSi2. The first-order valence-electron chi connectivity index (χ1n) is 10.5. The Balaban J connectivity index is 1.82. The maximum absolute atomic E-state index is 6.99. The summed E-state index contributed by atoms with van der Waals surface area (Å²) >= 11 is 0. The normalized spacial score (nSPS) is 33.5. The fourth-order valence-electron chi connectivity index (χ4n) is 4.90. The van der Waals surface area contributed by atoms with Gasteiger partial charge in [-0.2, -0.15) is 0 Å². The lowest BCUT2D eigenvalue weighted by atomic mass is 9.91. The number of fused-ring (bicyclic) bond motifs is 1. The fraction of sp³-hybridized carbons (Fsp3) is 0.810. The first kappa shape index (κ1) is 20.5. The van der Waals surface area contributed by atoms with Crippen LogP contribution < -0.4 is 5.32 Å². The van der Waals surface area contributed by atoms with Gasteiger partial charge >= 0.3 is 0 Å². The topological polar surface area (TPSA) is 24.5 Å². The zero-order valence-corrected chi connectivity index (χ0v) is 20.0. The van der Waals surface area contributed by atoms with Crippen molar-refractivity contribution in [2.75, 3.05) is 26.2 Å². The fourth-order valence-corrected chi connectivity index (χ4v) is 10.2. The van der Waals surface area contributed by atoms with Crippen molar-refractivity contribution in [3.8, 4) is 0 Å². The van der Waals surface area contributed by atoms with E-state index in [0.717, 1.165) is 18.6 Å². The average molecular weight is 393 g/mol. The molecule has 148 valence electrons. The minimum Gasteiger partial charge on any atom is -0.413 e. The summed E-state index contributed by atoms with van der Waals surface area (Å²) < 4.78 is 9.84. The van der Waals surface area contributed by atoms with E-state index in [1.807, 2.05) is 0 Å². The molecule has 0 aromatic rings. The Kier molecular flexibility index (Phi) is 5.78. The molecule has 0 bridgehead atoms. The highest BCUT2D eigenvalue weighted by Gasteiger charge is 2.53. The number of piperazine rings is 1. The molecule has 1 saturated heterocycles. The highest BCUT2D eigenvalue weighted by Crippen LogP contribution is 2.53. The van der Waals surface area contributed by atoms with Crippen LogP contribution >= 0.6 is 0 Å². The molecule has 0 radical (unpaired) electrons. The standard InChI is InChI=1S/C21H40N2OSi2/c1-21(2,3)26(6,7)24-19-16-20(18-11-9-8-10-17(18)19)25(4,5)23-14-12-22-13-15-23/h8-11,17-20,22H,12-16H2,1-7H3. The zero-order valence-electron chi connectivity index (χ0n) is 18.0. The Morgan fingerprint density at radius 2 is 1.54 bits per heavy atom. The summed E-state index contributed by atoms with van der Waals surface area (Å²) in [5.41, 5.74) is 0.793. The van der Waals surface area contributed by atoms with E-state index in [9.17, 15) is 0 Å². The lowest BCUT2D eigenvalue weighted by Gasteiger charge is -2.45. The quantitative estimate of drug-likeness (QED) is 0.707. The third-order valence-corrected chi connectivity index (χ3v) is 16.7. The SMILES string of the molecule is CC(C)(C)[Si](C)(C)OC1CC([Si](C)(C)N2CCNCC2)C2C=CC=CC12. The van der Waals surface area contributed by atoms with Gasteiger partial charge in [0, 0.05) is 32.1 Å². The van der Waals surface area contributed by atoms with Crippen LogP contribution in [0.4, 0.5) is 0 Å². The van der Waals surface area contributed by atoms with E-state index in [-0.39, 0.29) is 5.04 Å². The molecule has 1 heterocycles. The second-order valence-electron chi connectivity index (χ2n) is 10.6. The van der Waals surface area contributed by atoms with E-state index in [2.05, 4.69) is 81.1 Å². The van der Waals surface area contributed by atoms with Crippen LogP contribution in [-0.2, 0) is 4.43 Å². The van der Waals surface area contributed by atoms with Crippen LogP contribution in [0.3, 0.4) is 0 Å². The number of hydrogen-bond donors (Lipinski definition) is 1. The lowest BCUT2D eigenvalue weighted by molar-refractivity contribution is 0.153. The molecule has 1 aliphatic heterocycles. The van der Waals surface area contributed by atoms with Crippen molar-refractivity contribution in [1.29, 1.82) is 0 Å². The smallest absolute Gasteiger partial charge is 0.192 e. The molecule has 5 heteroatoms. The summed E-state index contributed by atoms with van der Waals surface area (Å²) in [6.07, 6.45) is 11.1. The molecule has 4 atom stereocenters. The Labute approximate surface area is 163 Å². The molecule has 0 amide bonds. The first-order chi connectivity index (χ1) is 12.0. The molecule has 0 spiro atoms. The van der Waals surface area contributed by atoms with Gasteiger partial charge in [-0.1, -0.05) is 58.2 Å². The molecule has 3 rings (SSSR count). The summed E-state index contributed by atoms with van der Waals surface area (Å²) in [4.78, 5) is 0. The second kappa shape index (κ2) is 7.32. The Bertz CT molecular complexity index is 559.